The monoisotopic (exact) mass is 240 g/mol. The molecule has 1 aliphatic rings. The molecule has 1 aromatic rings. The van der Waals surface area contributed by atoms with Crippen molar-refractivity contribution < 1.29 is 9.53 Å². The number of thiazole rings is 1. The lowest BCUT2D eigenvalue weighted by Crippen LogP contribution is -2.30. The van der Waals surface area contributed by atoms with E-state index in [-0.39, 0.29) is 11.9 Å². The van der Waals surface area contributed by atoms with E-state index in [0.29, 0.717) is 5.69 Å². The quantitative estimate of drug-likeness (QED) is 0.741. The number of hydrogen-bond donors (Lipinski definition) is 0. The zero-order valence-electron chi connectivity index (χ0n) is 9.60. The summed E-state index contributed by atoms with van der Waals surface area (Å²) < 4.78 is 5.58. The Morgan fingerprint density at radius 3 is 3.19 bits per heavy atom. The van der Waals surface area contributed by atoms with Crippen molar-refractivity contribution in [2.75, 3.05) is 24.6 Å². The molecule has 1 saturated heterocycles. The average molecular weight is 240 g/mol. The second kappa shape index (κ2) is 4.93. The van der Waals surface area contributed by atoms with E-state index in [1.54, 1.807) is 6.92 Å². The van der Waals surface area contributed by atoms with Gasteiger partial charge >= 0.3 is 0 Å². The van der Waals surface area contributed by atoms with Gasteiger partial charge in [0.05, 0.1) is 6.10 Å². The second-order valence-electron chi connectivity index (χ2n) is 4.05. The van der Waals surface area contributed by atoms with Crippen LogP contribution in [0.15, 0.2) is 5.38 Å². The number of carbonyl (C=O) groups excluding carboxylic acids is 1. The summed E-state index contributed by atoms with van der Waals surface area (Å²) in [6.45, 7) is 6.23. The van der Waals surface area contributed by atoms with Crippen molar-refractivity contribution in [2.24, 2.45) is 0 Å². The molecule has 0 radical (unpaired) electrons. The van der Waals surface area contributed by atoms with Crippen LogP contribution in [0.1, 0.15) is 30.8 Å². The molecule has 0 aromatic carbocycles. The molecule has 0 aliphatic carbocycles. The lowest BCUT2D eigenvalue weighted by Gasteiger charge is -2.20. The molecule has 0 bridgehead atoms. The second-order valence-corrected chi connectivity index (χ2v) is 4.89. The molecular formula is C11H16N2O2S. The summed E-state index contributed by atoms with van der Waals surface area (Å²) in [5.41, 5.74) is 0.567. The van der Waals surface area contributed by atoms with Gasteiger partial charge in [-0.05, 0) is 13.3 Å². The fraction of sp³-hybridized carbons (Fsp3) is 0.636. The molecule has 1 atom stereocenters. The summed E-state index contributed by atoms with van der Waals surface area (Å²) in [7, 11) is 0. The third-order valence-corrected chi connectivity index (χ3v) is 3.48. The van der Waals surface area contributed by atoms with Gasteiger partial charge in [-0.25, -0.2) is 4.98 Å². The van der Waals surface area contributed by atoms with Gasteiger partial charge in [-0.3, -0.25) is 4.79 Å². The molecule has 0 spiro atoms. The highest BCUT2D eigenvalue weighted by molar-refractivity contribution is 7.13. The van der Waals surface area contributed by atoms with Gasteiger partial charge in [0.1, 0.15) is 5.69 Å². The SMILES string of the molecule is CC(=O)c1csc(N2CCCOC(C)C2)n1. The van der Waals surface area contributed by atoms with E-state index in [0.717, 1.165) is 31.2 Å². The average Bonchev–Trinajstić information content (AvgIpc) is 2.63. The van der Waals surface area contributed by atoms with Gasteiger partial charge < -0.3 is 9.64 Å². The molecule has 0 N–H and O–H groups in total. The Balaban J connectivity index is 2.12. The number of anilines is 1. The van der Waals surface area contributed by atoms with E-state index < -0.39 is 0 Å². The van der Waals surface area contributed by atoms with Gasteiger partial charge in [0.15, 0.2) is 10.9 Å². The highest BCUT2D eigenvalue weighted by atomic mass is 32.1. The van der Waals surface area contributed by atoms with Gasteiger partial charge in [-0.15, -0.1) is 11.3 Å². The van der Waals surface area contributed by atoms with Gasteiger partial charge in [-0.2, -0.15) is 0 Å². The summed E-state index contributed by atoms with van der Waals surface area (Å²) in [5.74, 6) is 0.0293. The number of Topliss-reactive ketones (excluding diaryl/α,β-unsaturated/α-hetero) is 1. The van der Waals surface area contributed by atoms with Crippen molar-refractivity contribution in [1.29, 1.82) is 0 Å². The van der Waals surface area contributed by atoms with Crippen molar-refractivity contribution in [3.8, 4) is 0 Å². The van der Waals surface area contributed by atoms with Crippen molar-refractivity contribution in [3.05, 3.63) is 11.1 Å². The number of ketones is 1. The minimum atomic E-state index is 0.0293. The van der Waals surface area contributed by atoms with E-state index in [9.17, 15) is 4.79 Å². The number of ether oxygens (including phenoxy) is 1. The molecule has 1 unspecified atom stereocenters. The molecule has 0 saturated carbocycles. The number of carbonyl (C=O) groups is 1. The van der Waals surface area contributed by atoms with Crippen LogP contribution in [-0.2, 0) is 4.74 Å². The molecule has 4 nitrogen and oxygen atoms in total. The van der Waals surface area contributed by atoms with Crippen molar-refractivity contribution >= 4 is 22.3 Å². The largest absolute Gasteiger partial charge is 0.377 e. The molecule has 2 rings (SSSR count). The Kier molecular flexibility index (Phi) is 3.56. The fourth-order valence-corrected chi connectivity index (χ4v) is 2.64. The Labute approximate surface area is 99.2 Å². The zero-order chi connectivity index (χ0) is 11.5. The number of rotatable bonds is 2. The molecule has 88 valence electrons. The smallest absolute Gasteiger partial charge is 0.186 e. The van der Waals surface area contributed by atoms with E-state index in [1.807, 2.05) is 5.38 Å². The van der Waals surface area contributed by atoms with E-state index in [1.165, 1.54) is 11.3 Å². The molecule has 2 heterocycles. The van der Waals surface area contributed by atoms with Crippen molar-refractivity contribution in [1.82, 2.24) is 4.98 Å². The minimum absolute atomic E-state index is 0.0293. The molecule has 1 aliphatic heterocycles. The third-order valence-electron chi connectivity index (χ3n) is 2.58. The van der Waals surface area contributed by atoms with E-state index >= 15 is 0 Å². The van der Waals surface area contributed by atoms with Crippen LogP contribution in [0.2, 0.25) is 0 Å². The molecule has 1 aromatic heterocycles. The summed E-state index contributed by atoms with van der Waals surface area (Å²) in [6.07, 6.45) is 1.24. The first-order valence-corrected chi connectivity index (χ1v) is 6.38. The molecular weight excluding hydrogens is 224 g/mol. The summed E-state index contributed by atoms with van der Waals surface area (Å²) in [6, 6.07) is 0. The van der Waals surface area contributed by atoms with Crippen LogP contribution in [0.25, 0.3) is 0 Å². The van der Waals surface area contributed by atoms with Crippen LogP contribution in [0.5, 0.6) is 0 Å². The number of nitrogens with zero attached hydrogens (tertiary/aromatic N) is 2. The predicted molar refractivity (Wildman–Crippen MR) is 64.4 cm³/mol. The highest BCUT2D eigenvalue weighted by Crippen LogP contribution is 2.22. The molecule has 5 heteroatoms. The fourth-order valence-electron chi connectivity index (χ4n) is 1.74. The Morgan fingerprint density at radius 2 is 2.50 bits per heavy atom. The van der Waals surface area contributed by atoms with Crippen molar-refractivity contribution in [3.63, 3.8) is 0 Å². The van der Waals surface area contributed by atoms with Crippen LogP contribution >= 0.6 is 11.3 Å². The van der Waals surface area contributed by atoms with E-state index in [4.69, 9.17) is 4.74 Å². The normalized spacial score (nSPS) is 21.9. The van der Waals surface area contributed by atoms with Crippen molar-refractivity contribution in [2.45, 2.75) is 26.4 Å². The lowest BCUT2D eigenvalue weighted by atomic mass is 10.3. The van der Waals surface area contributed by atoms with E-state index in [2.05, 4.69) is 16.8 Å². The van der Waals surface area contributed by atoms with Crippen LogP contribution in [0, 0.1) is 0 Å². The first kappa shape index (κ1) is 11.5. The van der Waals surface area contributed by atoms with Crippen LogP contribution < -0.4 is 4.90 Å². The first-order valence-electron chi connectivity index (χ1n) is 5.50. The summed E-state index contributed by atoms with van der Waals surface area (Å²) in [4.78, 5) is 17.7. The van der Waals surface area contributed by atoms with Crippen LogP contribution in [-0.4, -0.2) is 36.6 Å². The van der Waals surface area contributed by atoms with Gasteiger partial charge in [0, 0.05) is 32.0 Å². The summed E-state index contributed by atoms with van der Waals surface area (Å²) in [5, 5.41) is 2.76. The minimum Gasteiger partial charge on any atom is -0.377 e. The number of aromatic nitrogens is 1. The standard InChI is InChI=1S/C11H16N2O2S/c1-8-6-13(4-3-5-15-8)11-12-10(7-16-11)9(2)14/h7-8H,3-6H2,1-2H3. The maximum Gasteiger partial charge on any atom is 0.186 e. The van der Waals surface area contributed by atoms with Gasteiger partial charge in [0.25, 0.3) is 0 Å². The number of hydrogen-bond acceptors (Lipinski definition) is 5. The zero-order valence-corrected chi connectivity index (χ0v) is 10.4. The van der Waals surface area contributed by atoms with Crippen LogP contribution in [0.3, 0.4) is 0 Å². The first-order chi connectivity index (χ1) is 7.66. The molecule has 1 fully saturated rings. The molecule has 16 heavy (non-hydrogen) atoms. The maximum atomic E-state index is 11.2. The maximum absolute atomic E-state index is 11.2. The van der Waals surface area contributed by atoms with Gasteiger partial charge in [-0.1, -0.05) is 0 Å². The third kappa shape index (κ3) is 2.59. The Hall–Kier alpha value is -0.940. The topological polar surface area (TPSA) is 42.4 Å². The van der Waals surface area contributed by atoms with Crippen LogP contribution in [0.4, 0.5) is 5.13 Å². The Bertz CT molecular complexity index is 378. The lowest BCUT2D eigenvalue weighted by molar-refractivity contribution is 0.0821. The summed E-state index contributed by atoms with van der Waals surface area (Å²) >= 11 is 1.53. The predicted octanol–water partition coefficient (Wildman–Crippen LogP) is 1.96. The molecule has 0 amide bonds. The Morgan fingerprint density at radius 1 is 1.69 bits per heavy atom. The highest BCUT2D eigenvalue weighted by Gasteiger charge is 2.18. The van der Waals surface area contributed by atoms with Gasteiger partial charge in [0.2, 0.25) is 0 Å².